The second-order valence-corrected chi connectivity index (χ2v) is 2.08. The normalized spacial score (nSPS) is 15.8. The molecule has 0 rings (SSSR count). The molecule has 0 spiro atoms. The molecule has 1 unspecified atom stereocenters. The summed E-state index contributed by atoms with van der Waals surface area (Å²) in [6.07, 6.45) is 1.91. The zero-order valence-electron chi connectivity index (χ0n) is 6.35. The van der Waals surface area contributed by atoms with Crippen molar-refractivity contribution in [3.63, 3.8) is 0 Å². The van der Waals surface area contributed by atoms with Gasteiger partial charge in [0, 0.05) is 0 Å². The van der Waals surface area contributed by atoms with Crippen LogP contribution in [0.3, 0.4) is 0 Å². The summed E-state index contributed by atoms with van der Waals surface area (Å²) in [5, 5.41) is 11.4. The highest BCUT2D eigenvalue weighted by molar-refractivity contribution is 5.81. The van der Waals surface area contributed by atoms with Crippen LogP contribution in [-0.2, 0) is 4.79 Å². The second kappa shape index (κ2) is 3.37. The molecule has 2 N–H and O–H groups in total. The molecule has 3 heteroatoms. The lowest BCUT2D eigenvalue weighted by atomic mass is 9.97. The SMILES string of the molecule is C=CC(CC)(NC)C(=O)O. The van der Waals surface area contributed by atoms with Crippen LogP contribution in [0.1, 0.15) is 13.3 Å². The quantitative estimate of drug-likeness (QED) is 0.567. The summed E-state index contributed by atoms with van der Waals surface area (Å²) in [6.45, 7) is 5.25. The van der Waals surface area contributed by atoms with E-state index in [4.69, 9.17) is 5.11 Å². The van der Waals surface area contributed by atoms with Crippen molar-refractivity contribution >= 4 is 5.97 Å². The van der Waals surface area contributed by atoms with Gasteiger partial charge < -0.3 is 10.4 Å². The molecule has 0 aliphatic heterocycles. The van der Waals surface area contributed by atoms with Gasteiger partial charge >= 0.3 is 5.97 Å². The molecule has 0 bridgehead atoms. The Balaban J connectivity index is 4.46. The molecule has 0 aliphatic rings. The summed E-state index contributed by atoms with van der Waals surface area (Å²) in [7, 11) is 1.61. The van der Waals surface area contributed by atoms with E-state index < -0.39 is 11.5 Å². The number of carboxylic acids is 1. The average Bonchev–Trinajstić information content (AvgIpc) is 1.92. The van der Waals surface area contributed by atoms with Crippen molar-refractivity contribution < 1.29 is 9.90 Å². The molecule has 0 aromatic rings. The third kappa shape index (κ3) is 1.36. The lowest BCUT2D eigenvalue weighted by molar-refractivity contribution is -0.142. The van der Waals surface area contributed by atoms with Crippen LogP contribution in [0.25, 0.3) is 0 Å². The molecule has 3 nitrogen and oxygen atoms in total. The zero-order chi connectivity index (χ0) is 8.20. The Kier molecular flexibility index (Phi) is 3.09. The Morgan fingerprint density at radius 3 is 2.40 bits per heavy atom. The molecular formula is C7H13NO2. The predicted molar refractivity (Wildman–Crippen MR) is 39.9 cm³/mol. The maximum absolute atomic E-state index is 10.6. The molecule has 0 saturated heterocycles. The number of nitrogens with one attached hydrogen (secondary N) is 1. The minimum Gasteiger partial charge on any atom is -0.480 e. The predicted octanol–water partition coefficient (Wildman–Crippen LogP) is 0.625. The van der Waals surface area contributed by atoms with Crippen LogP contribution < -0.4 is 5.32 Å². The highest BCUT2D eigenvalue weighted by atomic mass is 16.4. The molecule has 0 saturated carbocycles. The molecule has 0 fully saturated rings. The Bertz CT molecular complexity index is 139. The lowest BCUT2D eigenvalue weighted by Crippen LogP contribution is -2.47. The van der Waals surface area contributed by atoms with Gasteiger partial charge in [0.25, 0.3) is 0 Å². The monoisotopic (exact) mass is 143 g/mol. The fourth-order valence-corrected chi connectivity index (χ4v) is 0.769. The van der Waals surface area contributed by atoms with E-state index in [0.717, 1.165) is 0 Å². The number of hydrogen-bond acceptors (Lipinski definition) is 2. The second-order valence-electron chi connectivity index (χ2n) is 2.08. The molecule has 58 valence electrons. The molecule has 0 aliphatic carbocycles. The number of carboxylic acid groups (broad SMARTS) is 1. The first-order valence-electron chi connectivity index (χ1n) is 3.19. The van der Waals surface area contributed by atoms with E-state index in [9.17, 15) is 4.79 Å². The van der Waals surface area contributed by atoms with E-state index in [1.54, 1.807) is 14.0 Å². The fraction of sp³-hybridized carbons (Fsp3) is 0.571. The van der Waals surface area contributed by atoms with Gasteiger partial charge in [-0.1, -0.05) is 13.0 Å². The zero-order valence-corrected chi connectivity index (χ0v) is 6.35. The van der Waals surface area contributed by atoms with E-state index in [1.807, 2.05) is 0 Å². The first-order chi connectivity index (χ1) is 4.63. The molecule has 0 aromatic heterocycles. The average molecular weight is 143 g/mol. The van der Waals surface area contributed by atoms with Crippen molar-refractivity contribution in [2.75, 3.05) is 7.05 Å². The van der Waals surface area contributed by atoms with Crippen LogP contribution in [0, 0.1) is 0 Å². The van der Waals surface area contributed by atoms with E-state index in [2.05, 4.69) is 11.9 Å². The molecule has 0 aromatic carbocycles. The van der Waals surface area contributed by atoms with Crippen LogP contribution in [0.4, 0.5) is 0 Å². The number of hydrogen-bond donors (Lipinski definition) is 2. The minimum atomic E-state index is -0.944. The van der Waals surface area contributed by atoms with E-state index in [0.29, 0.717) is 6.42 Å². The third-order valence-electron chi connectivity index (χ3n) is 1.73. The van der Waals surface area contributed by atoms with Gasteiger partial charge in [-0.3, -0.25) is 0 Å². The summed E-state index contributed by atoms with van der Waals surface area (Å²) in [4.78, 5) is 10.6. The molecule has 0 heterocycles. The smallest absolute Gasteiger partial charge is 0.327 e. The summed E-state index contributed by atoms with van der Waals surface area (Å²) < 4.78 is 0. The third-order valence-corrected chi connectivity index (χ3v) is 1.73. The summed E-state index contributed by atoms with van der Waals surface area (Å²) in [5.41, 5.74) is -0.944. The van der Waals surface area contributed by atoms with Crippen molar-refractivity contribution in [2.24, 2.45) is 0 Å². The van der Waals surface area contributed by atoms with Gasteiger partial charge in [0.05, 0.1) is 0 Å². The van der Waals surface area contributed by atoms with Gasteiger partial charge in [-0.25, -0.2) is 4.79 Å². The number of rotatable bonds is 4. The van der Waals surface area contributed by atoms with Gasteiger partial charge in [0.15, 0.2) is 0 Å². The first kappa shape index (κ1) is 9.17. The number of likely N-dealkylation sites (N-methyl/N-ethyl adjacent to an activating group) is 1. The van der Waals surface area contributed by atoms with E-state index in [-0.39, 0.29) is 0 Å². The van der Waals surface area contributed by atoms with Crippen molar-refractivity contribution in [3.05, 3.63) is 12.7 Å². The van der Waals surface area contributed by atoms with E-state index in [1.165, 1.54) is 6.08 Å². The van der Waals surface area contributed by atoms with Crippen LogP contribution in [0.15, 0.2) is 12.7 Å². The van der Waals surface area contributed by atoms with Crippen molar-refractivity contribution in [1.29, 1.82) is 0 Å². The Morgan fingerprint density at radius 1 is 1.90 bits per heavy atom. The molecule has 1 atom stereocenters. The van der Waals surface area contributed by atoms with Crippen molar-refractivity contribution in [1.82, 2.24) is 5.32 Å². The van der Waals surface area contributed by atoms with Gasteiger partial charge in [0.1, 0.15) is 5.54 Å². The molecule has 0 amide bonds. The topological polar surface area (TPSA) is 49.3 Å². The minimum absolute atomic E-state index is 0.502. The van der Waals surface area contributed by atoms with Crippen LogP contribution in [0.2, 0.25) is 0 Å². The largest absolute Gasteiger partial charge is 0.480 e. The summed E-state index contributed by atoms with van der Waals surface area (Å²) >= 11 is 0. The first-order valence-corrected chi connectivity index (χ1v) is 3.19. The van der Waals surface area contributed by atoms with Crippen LogP contribution >= 0.6 is 0 Å². The fourth-order valence-electron chi connectivity index (χ4n) is 0.769. The highest BCUT2D eigenvalue weighted by Gasteiger charge is 2.30. The summed E-state index contributed by atoms with van der Waals surface area (Å²) in [6, 6.07) is 0. The maximum Gasteiger partial charge on any atom is 0.327 e. The molecule has 0 radical (unpaired) electrons. The standard InChI is InChI=1S/C7H13NO2/c1-4-7(5-2,8-3)6(9)10/h4,8H,1,5H2,2-3H3,(H,9,10). The highest BCUT2D eigenvalue weighted by Crippen LogP contribution is 2.10. The van der Waals surface area contributed by atoms with Crippen molar-refractivity contribution in [2.45, 2.75) is 18.9 Å². The van der Waals surface area contributed by atoms with E-state index >= 15 is 0 Å². The summed E-state index contributed by atoms with van der Waals surface area (Å²) in [5.74, 6) is -0.882. The van der Waals surface area contributed by atoms with Gasteiger partial charge in [-0.05, 0) is 13.5 Å². The Labute approximate surface area is 60.7 Å². The van der Waals surface area contributed by atoms with Crippen LogP contribution in [0.5, 0.6) is 0 Å². The Hall–Kier alpha value is -0.830. The van der Waals surface area contributed by atoms with Crippen LogP contribution in [-0.4, -0.2) is 23.7 Å². The Morgan fingerprint density at radius 2 is 2.40 bits per heavy atom. The van der Waals surface area contributed by atoms with Gasteiger partial charge in [-0.15, -0.1) is 6.58 Å². The van der Waals surface area contributed by atoms with Crippen molar-refractivity contribution in [3.8, 4) is 0 Å². The number of carbonyl (C=O) groups is 1. The maximum atomic E-state index is 10.6. The lowest BCUT2D eigenvalue weighted by Gasteiger charge is -2.22. The molecule has 10 heavy (non-hydrogen) atoms. The molecular weight excluding hydrogens is 130 g/mol. The van der Waals surface area contributed by atoms with Gasteiger partial charge in [0.2, 0.25) is 0 Å². The van der Waals surface area contributed by atoms with Gasteiger partial charge in [-0.2, -0.15) is 0 Å². The number of aliphatic carboxylic acids is 1.